The molecule has 0 fully saturated rings. The number of ether oxygens (including phenoxy) is 1. The number of para-hydroxylation sites is 1. The molecule has 0 aliphatic rings. The Morgan fingerprint density at radius 3 is 2.38 bits per heavy atom. The maximum atomic E-state index is 12.5. The Labute approximate surface area is 235 Å². The highest BCUT2D eigenvalue weighted by molar-refractivity contribution is 7.99. The predicted molar refractivity (Wildman–Crippen MR) is 154 cm³/mol. The van der Waals surface area contributed by atoms with Crippen molar-refractivity contribution in [1.82, 2.24) is 25.2 Å². The van der Waals surface area contributed by atoms with Crippen LogP contribution < -0.4 is 10.2 Å². The summed E-state index contributed by atoms with van der Waals surface area (Å²) in [6, 6.07) is 27.4. The highest BCUT2D eigenvalue weighted by Crippen LogP contribution is 2.27. The summed E-state index contributed by atoms with van der Waals surface area (Å²) in [5.41, 5.74) is 6.55. The molecule has 5 rings (SSSR count). The first-order valence-corrected chi connectivity index (χ1v) is 13.3. The summed E-state index contributed by atoms with van der Waals surface area (Å²) >= 11 is 1.26. The Morgan fingerprint density at radius 2 is 1.65 bits per heavy atom. The number of rotatable bonds is 9. The SMILES string of the molecule is Cc1ccc(C(=O)Oc2ccc(C=NNC(=O)CSc3nnc(-c4ccncc4)n3-c3ccccc3)cc2)cc1. The maximum absolute atomic E-state index is 12.5. The third kappa shape index (κ3) is 6.66. The summed E-state index contributed by atoms with van der Waals surface area (Å²) in [6.07, 6.45) is 4.91. The quantitative estimate of drug-likeness (QED) is 0.0897. The van der Waals surface area contributed by atoms with Crippen LogP contribution in [0.25, 0.3) is 17.1 Å². The van der Waals surface area contributed by atoms with E-state index in [1.165, 1.54) is 18.0 Å². The first-order chi connectivity index (χ1) is 19.6. The number of carbonyl (C=O) groups is 2. The highest BCUT2D eigenvalue weighted by Gasteiger charge is 2.17. The van der Waals surface area contributed by atoms with Gasteiger partial charge >= 0.3 is 5.97 Å². The molecule has 3 aromatic carbocycles. The molecule has 0 unspecified atom stereocenters. The number of aromatic nitrogens is 4. The van der Waals surface area contributed by atoms with E-state index in [-0.39, 0.29) is 11.7 Å². The van der Waals surface area contributed by atoms with Crippen molar-refractivity contribution in [2.24, 2.45) is 5.10 Å². The first kappa shape index (κ1) is 26.5. The molecule has 0 atom stereocenters. The minimum Gasteiger partial charge on any atom is -0.423 e. The lowest BCUT2D eigenvalue weighted by Crippen LogP contribution is -2.20. The average Bonchev–Trinajstić information content (AvgIpc) is 3.42. The third-order valence-electron chi connectivity index (χ3n) is 5.70. The molecule has 40 heavy (non-hydrogen) atoms. The second-order valence-electron chi connectivity index (χ2n) is 8.62. The van der Waals surface area contributed by atoms with Crippen molar-refractivity contribution in [2.75, 3.05) is 5.75 Å². The van der Waals surface area contributed by atoms with Crippen molar-refractivity contribution in [3.63, 3.8) is 0 Å². The Kier molecular flexibility index (Phi) is 8.38. The van der Waals surface area contributed by atoms with Crippen LogP contribution in [0.15, 0.2) is 114 Å². The van der Waals surface area contributed by atoms with Gasteiger partial charge in [0.15, 0.2) is 11.0 Å². The minimum absolute atomic E-state index is 0.0898. The zero-order valence-corrected chi connectivity index (χ0v) is 22.3. The number of pyridine rings is 1. The molecule has 2 heterocycles. The summed E-state index contributed by atoms with van der Waals surface area (Å²) in [5, 5.41) is 13.3. The number of nitrogens with zero attached hydrogens (tertiary/aromatic N) is 5. The predicted octanol–water partition coefficient (Wildman–Crippen LogP) is 5.10. The molecule has 0 saturated heterocycles. The molecule has 0 radical (unpaired) electrons. The van der Waals surface area contributed by atoms with Gasteiger partial charge in [0, 0.05) is 23.6 Å². The lowest BCUT2D eigenvalue weighted by atomic mass is 10.1. The van der Waals surface area contributed by atoms with Crippen molar-refractivity contribution in [1.29, 1.82) is 0 Å². The second-order valence-corrected chi connectivity index (χ2v) is 9.56. The van der Waals surface area contributed by atoms with Gasteiger partial charge in [0.2, 0.25) is 0 Å². The molecule has 0 aliphatic carbocycles. The largest absolute Gasteiger partial charge is 0.423 e. The molecule has 1 amide bonds. The number of esters is 1. The van der Waals surface area contributed by atoms with Crippen LogP contribution in [0.2, 0.25) is 0 Å². The Morgan fingerprint density at radius 1 is 0.925 bits per heavy atom. The Bertz CT molecular complexity index is 1620. The minimum atomic E-state index is -0.429. The number of hydrogen-bond acceptors (Lipinski definition) is 8. The maximum Gasteiger partial charge on any atom is 0.343 e. The van der Waals surface area contributed by atoms with Crippen LogP contribution in [0.3, 0.4) is 0 Å². The van der Waals surface area contributed by atoms with Gasteiger partial charge in [-0.2, -0.15) is 5.10 Å². The summed E-state index contributed by atoms with van der Waals surface area (Å²) in [7, 11) is 0. The van der Waals surface area contributed by atoms with E-state index in [2.05, 4.69) is 25.7 Å². The third-order valence-corrected chi connectivity index (χ3v) is 6.63. The van der Waals surface area contributed by atoms with Crippen LogP contribution in [-0.4, -0.2) is 43.6 Å². The van der Waals surface area contributed by atoms with Crippen LogP contribution in [0.1, 0.15) is 21.5 Å². The first-order valence-electron chi connectivity index (χ1n) is 12.3. The van der Waals surface area contributed by atoms with Crippen LogP contribution >= 0.6 is 11.8 Å². The molecular weight excluding hydrogens is 524 g/mol. The van der Waals surface area contributed by atoms with E-state index >= 15 is 0 Å². The monoisotopic (exact) mass is 548 g/mol. The van der Waals surface area contributed by atoms with E-state index in [4.69, 9.17) is 4.74 Å². The van der Waals surface area contributed by atoms with Gasteiger partial charge in [-0.05, 0) is 73.2 Å². The van der Waals surface area contributed by atoms with Crippen molar-refractivity contribution in [2.45, 2.75) is 12.1 Å². The van der Waals surface area contributed by atoms with Crippen LogP contribution in [0.4, 0.5) is 0 Å². The van der Waals surface area contributed by atoms with Gasteiger partial charge in [0.1, 0.15) is 5.75 Å². The summed E-state index contributed by atoms with van der Waals surface area (Å²) in [6.45, 7) is 1.95. The van der Waals surface area contributed by atoms with Gasteiger partial charge in [0.25, 0.3) is 5.91 Å². The summed E-state index contributed by atoms with van der Waals surface area (Å²) in [5.74, 6) is 0.437. The molecule has 198 valence electrons. The zero-order valence-electron chi connectivity index (χ0n) is 21.5. The van der Waals surface area contributed by atoms with Crippen LogP contribution in [-0.2, 0) is 4.79 Å². The van der Waals surface area contributed by atoms with Crippen molar-refractivity contribution < 1.29 is 14.3 Å². The van der Waals surface area contributed by atoms with Crippen molar-refractivity contribution in [3.8, 4) is 22.8 Å². The molecule has 2 aromatic heterocycles. The summed E-state index contributed by atoms with van der Waals surface area (Å²) in [4.78, 5) is 28.9. The smallest absolute Gasteiger partial charge is 0.343 e. The van der Waals surface area contributed by atoms with Crippen molar-refractivity contribution in [3.05, 3.63) is 120 Å². The van der Waals surface area contributed by atoms with Gasteiger partial charge in [0.05, 0.1) is 17.5 Å². The molecule has 0 saturated carbocycles. The Hall–Kier alpha value is -5.09. The second kappa shape index (κ2) is 12.6. The van der Waals surface area contributed by atoms with Gasteiger partial charge in [-0.15, -0.1) is 10.2 Å². The lowest BCUT2D eigenvalue weighted by molar-refractivity contribution is -0.118. The van der Waals surface area contributed by atoms with Crippen molar-refractivity contribution >= 4 is 29.9 Å². The van der Waals surface area contributed by atoms with E-state index in [1.54, 1.807) is 48.8 Å². The van der Waals surface area contributed by atoms with E-state index in [0.29, 0.717) is 22.3 Å². The Balaban J connectivity index is 1.17. The number of nitrogens with one attached hydrogen (secondary N) is 1. The van der Waals surface area contributed by atoms with Gasteiger partial charge < -0.3 is 4.74 Å². The summed E-state index contributed by atoms with van der Waals surface area (Å²) < 4.78 is 7.32. The molecule has 9 nitrogen and oxygen atoms in total. The van der Waals surface area contributed by atoms with Gasteiger partial charge in [-0.3, -0.25) is 14.3 Å². The van der Waals surface area contributed by atoms with E-state index in [9.17, 15) is 9.59 Å². The number of hydrazone groups is 1. The van der Waals surface area contributed by atoms with Crippen LogP contribution in [0.5, 0.6) is 5.75 Å². The fourth-order valence-electron chi connectivity index (χ4n) is 3.68. The fourth-order valence-corrected chi connectivity index (χ4v) is 4.42. The van der Waals surface area contributed by atoms with Gasteiger partial charge in [-0.1, -0.05) is 47.7 Å². The average molecular weight is 549 g/mol. The molecule has 5 aromatic rings. The van der Waals surface area contributed by atoms with E-state index < -0.39 is 5.97 Å². The number of benzene rings is 3. The number of aryl methyl sites for hydroxylation is 1. The number of hydrogen-bond donors (Lipinski definition) is 1. The van der Waals surface area contributed by atoms with Gasteiger partial charge in [-0.25, -0.2) is 10.2 Å². The normalized spacial score (nSPS) is 10.9. The van der Waals surface area contributed by atoms with E-state index in [0.717, 1.165) is 22.4 Å². The molecular formula is C30H24N6O3S. The molecule has 0 bridgehead atoms. The molecule has 0 spiro atoms. The molecule has 1 N–H and O–H groups in total. The number of carbonyl (C=O) groups excluding carboxylic acids is 2. The topological polar surface area (TPSA) is 111 Å². The van der Waals surface area contributed by atoms with E-state index in [1.807, 2.05) is 66.1 Å². The number of thioether (sulfide) groups is 1. The lowest BCUT2D eigenvalue weighted by Gasteiger charge is -2.10. The molecule has 10 heteroatoms. The standard InChI is InChI=1S/C30H24N6O3S/c1-21-7-11-24(12-8-21)29(38)39-26-13-9-22(10-14-26)19-32-33-27(37)20-40-30-35-34-28(23-15-17-31-18-16-23)36(30)25-5-3-2-4-6-25/h2-19H,20H2,1H3,(H,33,37). The molecule has 0 aliphatic heterocycles. The fraction of sp³-hybridized carbons (Fsp3) is 0.0667. The van der Waals surface area contributed by atoms with Crippen LogP contribution in [0, 0.1) is 6.92 Å². The highest BCUT2D eigenvalue weighted by atomic mass is 32.2. The zero-order chi connectivity index (χ0) is 27.7. The number of amides is 1.